The lowest BCUT2D eigenvalue weighted by molar-refractivity contribution is 0.188. The van der Waals surface area contributed by atoms with Crippen molar-refractivity contribution in [2.75, 3.05) is 20.8 Å². The second-order valence-electron chi connectivity index (χ2n) is 5.26. The Morgan fingerprint density at radius 1 is 1.16 bits per heavy atom. The molecule has 0 bridgehead atoms. The molecule has 0 saturated heterocycles. The summed E-state index contributed by atoms with van der Waals surface area (Å²) in [6, 6.07) is 8.27. The zero-order valence-corrected chi connectivity index (χ0v) is 12.0. The minimum absolute atomic E-state index is 0.435. The van der Waals surface area contributed by atoms with Gasteiger partial charge in [0.2, 0.25) is 0 Å². The van der Waals surface area contributed by atoms with Crippen LogP contribution in [0.2, 0.25) is 0 Å². The Morgan fingerprint density at radius 3 is 2.47 bits per heavy atom. The molecular weight excluding hydrogens is 238 g/mol. The average Bonchev–Trinajstić information content (AvgIpc) is 2.49. The fourth-order valence-corrected chi connectivity index (χ4v) is 2.91. The summed E-state index contributed by atoms with van der Waals surface area (Å²) in [6.07, 6.45) is 6.75. The van der Waals surface area contributed by atoms with Gasteiger partial charge in [0.1, 0.15) is 6.61 Å². The maximum atomic E-state index is 5.95. The lowest BCUT2D eigenvalue weighted by atomic mass is 9.84. The molecule has 0 amide bonds. The Kier molecular flexibility index (Phi) is 5.52. The smallest absolute Gasteiger partial charge is 0.161 e. The number of methoxy groups -OCH3 is 1. The summed E-state index contributed by atoms with van der Waals surface area (Å²) in [5.41, 5.74) is 0. The van der Waals surface area contributed by atoms with Crippen LogP contribution >= 0.6 is 0 Å². The highest BCUT2D eigenvalue weighted by molar-refractivity contribution is 5.39. The van der Waals surface area contributed by atoms with E-state index in [9.17, 15) is 0 Å². The molecule has 1 fully saturated rings. The van der Waals surface area contributed by atoms with Gasteiger partial charge in [-0.05, 0) is 37.9 Å². The molecular formula is C16H25NO2. The lowest BCUT2D eigenvalue weighted by Gasteiger charge is -2.30. The maximum absolute atomic E-state index is 5.95. The molecule has 0 aliphatic heterocycles. The molecule has 1 N–H and O–H groups in total. The van der Waals surface area contributed by atoms with E-state index >= 15 is 0 Å². The summed E-state index contributed by atoms with van der Waals surface area (Å²) in [5, 5.41) is 3.41. The maximum Gasteiger partial charge on any atom is 0.161 e. The quantitative estimate of drug-likeness (QED) is 0.854. The summed E-state index contributed by atoms with van der Waals surface area (Å²) in [7, 11) is 3.71. The van der Waals surface area contributed by atoms with Crippen LogP contribution in [0.3, 0.4) is 0 Å². The molecule has 0 radical (unpaired) electrons. The molecule has 1 aliphatic rings. The Balaban J connectivity index is 1.91. The first-order valence-electron chi connectivity index (χ1n) is 7.28. The third-order valence-corrected chi connectivity index (χ3v) is 4.08. The summed E-state index contributed by atoms with van der Waals surface area (Å²) in [4.78, 5) is 0. The van der Waals surface area contributed by atoms with Gasteiger partial charge in [-0.15, -0.1) is 0 Å². The average molecular weight is 263 g/mol. The third kappa shape index (κ3) is 3.87. The molecule has 1 aromatic rings. The zero-order chi connectivity index (χ0) is 13.5. The topological polar surface area (TPSA) is 30.5 Å². The van der Waals surface area contributed by atoms with Crippen molar-refractivity contribution in [1.82, 2.24) is 5.32 Å². The van der Waals surface area contributed by atoms with Crippen LogP contribution in [0.25, 0.3) is 0 Å². The monoisotopic (exact) mass is 263 g/mol. The lowest BCUT2D eigenvalue weighted by Crippen LogP contribution is -2.39. The normalized spacial score (nSPS) is 18.0. The number of hydrogen-bond acceptors (Lipinski definition) is 3. The van der Waals surface area contributed by atoms with Gasteiger partial charge in [-0.25, -0.2) is 0 Å². The molecule has 1 atom stereocenters. The number of benzene rings is 1. The highest BCUT2D eigenvalue weighted by Crippen LogP contribution is 2.29. The SMILES string of the molecule is CNC(COc1ccccc1OC)C1CCCCC1. The highest BCUT2D eigenvalue weighted by atomic mass is 16.5. The largest absolute Gasteiger partial charge is 0.493 e. The molecule has 2 rings (SSSR count). The van der Waals surface area contributed by atoms with Gasteiger partial charge >= 0.3 is 0 Å². The second kappa shape index (κ2) is 7.39. The van der Waals surface area contributed by atoms with E-state index in [4.69, 9.17) is 9.47 Å². The Morgan fingerprint density at radius 2 is 1.84 bits per heavy atom. The summed E-state index contributed by atoms with van der Waals surface area (Å²) < 4.78 is 11.3. The second-order valence-corrected chi connectivity index (χ2v) is 5.26. The minimum Gasteiger partial charge on any atom is -0.493 e. The van der Waals surface area contributed by atoms with Crippen LogP contribution in [0, 0.1) is 5.92 Å². The first-order chi connectivity index (χ1) is 9.35. The standard InChI is InChI=1S/C16H25NO2/c1-17-14(13-8-4-3-5-9-13)12-19-16-11-7-6-10-15(16)18-2/h6-7,10-11,13-14,17H,3-5,8-9,12H2,1-2H3. The first-order valence-corrected chi connectivity index (χ1v) is 7.28. The molecule has 19 heavy (non-hydrogen) atoms. The molecule has 1 saturated carbocycles. The molecule has 1 unspecified atom stereocenters. The van der Waals surface area contributed by atoms with Crippen molar-refractivity contribution in [2.24, 2.45) is 5.92 Å². The number of nitrogens with one attached hydrogen (secondary N) is 1. The molecule has 0 heterocycles. The summed E-state index contributed by atoms with van der Waals surface area (Å²) >= 11 is 0. The summed E-state index contributed by atoms with van der Waals surface area (Å²) in [6.45, 7) is 0.710. The van der Waals surface area contributed by atoms with Crippen LogP contribution in [0.1, 0.15) is 32.1 Å². The van der Waals surface area contributed by atoms with Gasteiger partial charge in [0, 0.05) is 6.04 Å². The Hall–Kier alpha value is -1.22. The van der Waals surface area contributed by atoms with E-state index in [1.54, 1.807) is 7.11 Å². The van der Waals surface area contributed by atoms with Gasteiger partial charge in [0.15, 0.2) is 11.5 Å². The minimum atomic E-state index is 0.435. The molecule has 0 aromatic heterocycles. The Bertz CT molecular complexity index is 375. The van der Waals surface area contributed by atoms with E-state index in [1.807, 2.05) is 31.3 Å². The van der Waals surface area contributed by atoms with Gasteiger partial charge in [-0.3, -0.25) is 0 Å². The van der Waals surface area contributed by atoms with Gasteiger partial charge in [0.05, 0.1) is 7.11 Å². The van der Waals surface area contributed by atoms with E-state index in [0.717, 1.165) is 17.4 Å². The number of rotatable bonds is 6. The number of ether oxygens (including phenoxy) is 2. The van der Waals surface area contributed by atoms with E-state index in [2.05, 4.69) is 5.32 Å². The van der Waals surface area contributed by atoms with Crippen LogP contribution in [0.15, 0.2) is 24.3 Å². The molecule has 1 aliphatic carbocycles. The molecule has 0 spiro atoms. The van der Waals surface area contributed by atoms with Crippen LogP contribution in [-0.2, 0) is 0 Å². The van der Waals surface area contributed by atoms with Crippen molar-refractivity contribution >= 4 is 0 Å². The van der Waals surface area contributed by atoms with Gasteiger partial charge < -0.3 is 14.8 Å². The molecule has 3 nitrogen and oxygen atoms in total. The zero-order valence-electron chi connectivity index (χ0n) is 12.0. The van der Waals surface area contributed by atoms with Gasteiger partial charge in [0.25, 0.3) is 0 Å². The van der Waals surface area contributed by atoms with Crippen molar-refractivity contribution in [3.8, 4) is 11.5 Å². The molecule has 1 aromatic carbocycles. The molecule has 106 valence electrons. The third-order valence-electron chi connectivity index (χ3n) is 4.08. The van der Waals surface area contributed by atoms with Crippen LogP contribution in [-0.4, -0.2) is 26.8 Å². The van der Waals surface area contributed by atoms with Crippen molar-refractivity contribution in [3.63, 3.8) is 0 Å². The van der Waals surface area contributed by atoms with E-state index in [1.165, 1.54) is 32.1 Å². The van der Waals surface area contributed by atoms with Crippen molar-refractivity contribution in [1.29, 1.82) is 0 Å². The van der Waals surface area contributed by atoms with Gasteiger partial charge in [-0.2, -0.15) is 0 Å². The van der Waals surface area contributed by atoms with Crippen LogP contribution in [0.4, 0.5) is 0 Å². The van der Waals surface area contributed by atoms with E-state index in [0.29, 0.717) is 12.6 Å². The van der Waals surface area contributed by atoms with Gasteiger partial charge in [-0.1, -0.05) is 31.4 Å². The van der Waals surface area contributed by atoms with Crippen LogP contribution in [0.5, 0.6) is 11.5 Å². The Labute approximate surface area is 116 Å². The van der Waals surface area contributed by atoms with E-state index < -0.39 is 0 Å². The first kappa shape index (κ1) is 14.2. The number of likely N-dealkylation sites (N-methyl/N-ethyl adjacent to an activating group) is 1. The van der Waals surface area contributed by atoms with Crippen molar-refractivity contribution in [3.05, 3.63) is 24.3 Å². The highest BCUT2D eigenvalue weighted by Gasteiger charge is 2.23. The number of para-hydroxylation sites is 2. The predicted octanol–water partition coefficient (Wildman–Crippen LogP) is 3.24. The fourth-order valence-electron chi connectivity index (χ4n) is 2.91. The fraction of sp³-hybridized carbons (Fsp3) is 0.625. The van der Waals surface area contributed by atoms with Crippen molar-refractivity contribution < 1.29 is 9.47 Å². The predicted molar refractivity (Wildman–Crippen MR) is 77.9 cm³/mol. The molecule has 3 heteroatoms. The van der Waals surface area contributed by atoms with E-state index in [-0.39, 0.29) is 0 Å². The number of hydrogen-bond donors (Lipinski definition) is 1. The van der Waals surface area contributed by atoms with Crippen molar-refractivity contribution in [2.45, 2.75) is 38.1 Å². The summed E-state index contributed by atoms with van der Waals surface area (Å²) in [5.74, 6) is 2.38. The van der Waals surface area contributed by atoms with Crippen LogP contribution < -0.4 is 14.8 Å².